The van der Waals surface area contributed by atoms with Gasteiger partial charge in [0, 0.05) is 6.20 Å². The van der Waals surface area contributed by atoms with E-state index in [1.54, 1.807) is 6.92 Å². The van der Waals surface area contributed by atoms with Crippen LogP contribution in [-0.2, 0) is 4.74 Å². The number of nitrogen functional groups attached to an aromatic ring is 1. The Morgan fingerprint density at radius 2 is 2.20 bits per heavy atom. The first-order chi connectivity index (χ1) is 6.99. The Morgan fingerprint density at radius 3 is 2.67 bits per heavy atom. The third-order valence-corrected chi connectivity index (χ3v) is 1.93. The number of ether oxygens (including phenoxy) is 1. The number of carbonyl (C=O) groups is 1. The van der Waals surface area contributed by atoms with Gasteiger partial charge in [-0.3, -0.25) is 4.98 Å². The van der Waals surface area contributed by atoms with Crippen LogP contribution in [0, 0.1) is 6.92 Å². The molecule has 1 aromatic heterocycles. The van der Waals surface area contributed by atoms with Crippen molar-refractivity contribution >= 4 is 11.7 Å². The highest BCUT2D eigenvalue weighted by molar-refractivity contribution is 5.97. The third kappa shape index (κ3) is 2.03. The quantitative estimate of drug-likeness (QED) is 0.764. The highest BCUT2D eigenvalue weighted by Gasteiger charge is 2.21. The molecule has 0 unspecified atom stereocenters. The second-order valence-electron chi connectivity index (χ2n) is 2.91. The average molecular weight is 216 g/mol. The van der Waals surface area contributed by atoms with Gasteiger partial charge in [-0.15, -0.1) is 0 Å². The fraction of sp³-hybridized carbons (Fsp3) is 0.333. The Bertz CT molecular complexity index is 394. The topological polar surface area (TPSA) is 65.2 Å². The molecular weight excluding hydrogens is 206 g/mol. The molecule has 0 aliphatic rings. The first-order valence-corrected chi connectivity index (χ1v) is 4.10. The summed E-state index contributed by atoms with van der Waals surface area (Å²) in [5, 5.41) is 0. The number of halogens is 2. The average Bonchev–Trinajstić information content (AvgIpc) is 2.16. The Kier molecular flexibility index (Phi) is 3.18. The van der Waals surface area contributed by atoms with E-state index in [0.717, 1.165) is 7.11 Å². The maximum Gasteiger partial charge on any atom is 0.340 e. The minimum Gasteiger partial charge on any atom is -0.465 e. The summed E-state index contributed by atoms with van der Waals surface area (Å²) in [5.41, 5.74) is 4.85. The van der Waals surface area contributed by atoms with Gasteiger partial charge in [0.05, 0.1) is 18.4 Å². The molecule has 0 radical (unpaired) electrons. The van der Waals surface area contributed by atoms with Gasteiger partial charge in [-0.25, -0.2) is 13.6 Å². The van der Waals surface area contributed by atoms with Gasteiger partial charge in [0.2, 0.25) is 0 Å². The van der Waals surface area contributed by atoms with Gasteiger partial charge in [-0.1, -0.05) is 0 Å². The monoisotopic (exact) mass is 216 g/mol. The summed E-state index contributed by atoms with van der Waals surface area (Å²) in [6.45, 7) is 1.55. The van der Waals surface area contributed by atoms with E-state index in [-0.39, 0.29) is 11.3 Å². The van der Waals surface area contributed by atoms with Crippen molar-refractivity contribution in [1.82, 2.24) is 4.98 Å². The molecule has 0 amide bonds. The number of aryl methyl sites for hydroxylation is 1. The molecule has 0 bridgehead atoms. The number of carbonyl (C=O) groups excluding carboxylic acids is 1. The van der Waals surface area contributed by atoms with Crippen LogP contribution >= 0.6 is 0 Å². The number of aromatic nitrogens is 1. The van der Waals surface area contributed by atoms with Crippen molar-refractivity contribution in [1.29, 1.82) is 0 Å². The van der Waals surface area contributed by atoms with E-state index < -0.39 is 18.1 Å². The summed E-state index contributed by atoms with van der Waals surface area (Å²) in [4.78, 5) is 14.7. The van der Waals surface area contributed by atoms with Gasteiger partial charge in [0.1, 0.15) is 5.69 Å². The number of hydrogen-bond acceptors (Lipinski definition) is 4. The van der Waals surface area contributed by atoms with Crippen molar-refractivity contribution in [3.05, 3.63) is 23.0 Å². The van der Waals surface area contributed by atoms with E-state index in [4.69, 9.17) is 5.73 Å². The predicted octanol–water partition coefficient (Wildman–Crippen LogP) is 1.70. The molecule has 4 nitrogen and oxygen atoms in total. The summed E-state index contributed by atoms with van der Waals surface area (Å²) in [6, 6.07) is 0. The number of alkyl halides is 2. The SMILES string of the molecule is COC(=O)c1c(C)cnc(C(F)F)c1N. The Labute approximate surface area is 85.1 Å². The van der Waals surface area contributed by atoms with E-state index in [2.05, 4.69) is 9.72 Å². The molecule has 82 valence electrons. The van der Waals surface area contributed by atoms with Crippen LogP contribution in [0.3, 0.4) is 0 Å². The Balaban J connectivity index is 3.36. The zero-order valence-electron chi connectivity index (χ0n) is 8.25. The Hall–Kier alpha value is -1.72. The second kappa shape index (κ2) is 4.20. The molecule has 0 aliphatic carbocycles. The molecule has 1 aromatic rings. The summed E-state index contributed by atoms with van der Waals surface area (Å²) in [7, 11) is 1.16. The Morgan fingerprint density at radius 1 is 1.60 bits per heavy atom. The number of nitrogens with zero attached hydrogens (tertiary/aromatic N) is 1. The zero-order valence-corrected chi connectivity index (χ0v) is 8.25. The molecule has 2 N–H and O–H groups in total. The van der Waals surface area contributed by atoms with Gasteiger partial charge in [0.25, 0.3) is 6.43 Å². The van der Waals surface area contributed by atoms with Crippen LogP contribution in [-0.4, -0.2) is 18.1 Å². The molecule has 0 saturated carbocycles. The van der Waals surface area contributed by atoms with Crippen molar-refractivity contribution < 1.29 is 18.3 Å². The van der Waals surface area contributed by atoms with Crippen molar-refractivity contribution in [2.24, 2.45) is 0 Å². The van der Waals surface area contributed by atoms with Crippen LogP contribution < -0.4 is 5.73 Å². The van der Waals surface area contributed by atoms with Crippen molar-refractivity contribution in [2.45, 2.75) is 13.3 Å². The van der Waals surface area contributed by atoms with Gasteiger partial charge >= 0.3 is 5.97 Å². The minimum atomic E-state index is -2.81. The molecule has 6 heteroatoms. The molecule has 0 atom stereocenters. The minimum absolute atomic E-state index is 0.0530. The summed E-state index contributed by atoms with van der Waals surface area (Å²) < 4.78 is 29.3. The summed E-state index contributed by atoms with van der Waals surface area (Å²) in [5.74, 6) is -0.741. The summed E-state index contributed by atoms with van der Waals surface area (Å²) in [6.07, 6.45) is -1.64. The molecule has 0 spiro atoms. The lowest BCUT2D eigenvalue weighted by atomic mass is 10.1. The van der Waals surface area contributed by atoms with Gasteiger partial charge in [-0.2, -0.15) is 0 Å². The van der Waals surface area contributed by atoms with Crippen molar-refractivity contribution in [2.75, 3.05) is 12.8 Å². The van der Waals surface area contributed by atoms with Crippen LogP contribution in [0.4, 0.5) is 14.5 Å². The molecule has 0 aromatic carbocycles. The fourth-order valence-electron chi connectivity index (χ4n) is 1.19. The molecule has 0 fully saturated rings. The van der Waals surface area contributed by atoms with E-state index in [1.807, 2.05) is 0 Å². The maximum atomic E-state index is 12.4. The number of rotatable bonds is 2. The number of anilines is 1. The van der Waals surface area contributed by atoms with Crippen LogP contribution in [0.25, 0.3) is 0 Å². The normalized spacial score (nSPS) is 10.5. The van der Waals surface area contributed by atoms with Crippen LogP contribution in [0.15, 0.2) is 6.20 Å². The van der Waals surface area contributed by atoms with Crippen LogP contribution in [0.5, 0.6) is 0 Å². The summed E-state index contributed by atoms with van der Waals surface area (Å²) >= 11 is 0. The van der Waals surface area contributed by atoms with Gasteiger partial charge < -0.3 is 10.5 Å². The molecule has 0 aliphatic heterocycles. The lowest BCUT2D eigenvalue weighted by Crippen LogP contribution is -2.11. The van der Waals surface area contributed by atoms with Crippen LogP contribution in [0.1, 0.15) is 28.0 Å². The molecule has 0 saturated heterocycles. The molecular formula is C9H10F2N2O2. The second-order valence-corrected chi connectivity index (χ2v) is 2.91. The number of methoxy groups -OCH3 is 1. The van der Waals surface area contributed by atoms with Crippen molar-refractivity contribution in [3.63, 3.8) is 0 Å². The van der Waals surface area contributed by atoms with Gasteiger partial charge in [0.15, 0.2) is 0 Å². The zero-order chi connectivity index (χ0) is 11.6. The smallest absolute Gasteiger partial charge is 0.340 e. The lowest BCUT2D eigenvalue weighted by molar-refractivity contribution is 0.0600. The third-order valence-electron chi connectivity index (χ3n) is 1.93. The van der Waals surface area contributed by atoms with Crippen molar-refractivity contribution in [3.8, 4) is 0 Å². The number of hydrogen-bond donors (Lipinski definition) is 1. The predicted molar refractivity (Wildman–Crippen MR) is 49.7 cm³/mol. The fourth-order valence-corrected chi connectivity index (χ4v) is 1.19. The maximum absolute atomic E-state index is 12.4. The number of pyridine rings is 1. The van der Waals surface area contributed by atoms with E-state index in [9.17, 15) is 13.6 Å². The number of esters is 1. The van der Waals surface area contributed by atoms with Crippen LogP contribution in [0.2, 0.25) is 0 Å². The van der Waals surface area contributed by atoms with E-state index in [0.29, 0.717) is 5.56 Å². The molecule has 15 heavy (non-hydrogen) atoms. The van der Waals surface area contributed by atoms with E-state index in [1.165, 1.54) is 6.20 Å². The first-order valence-electron chi connectivity index (χ1n) is 4.10. The highest BCUT2D eigenvalue weighted by Crippen LogP contribution is 2.27. The number of nitrogens with two attached hydrogens (primary N) is 1. The highest BCUT2D eigenvalue weighted by atomic mass is 19.3. The lowest BCUT2D eigenvalue weighted by Gasteiger charge is -2.10. The van der Waals surface area contributed by atoms with Gasteiger partial charge in [-0.05, 0) is 12.5 Å². The first kappa shape index (κ1) is 11.4. The van der Waals surface area contributed by atoms with E-state index >= 15 is 0 Å². The largest absolute Gasteiger partial charge is 0.465 e. The molecule has 1 heterocycles. The molecule has 1 rings (SSSR count). The standard InChI is InChI=1S/C9H10F2N2O2/c1-4-3-13-7(8(10)11)6(12)5(4)9(14)15-2/h3,8H,12H2,1-2H3.